The maximum atomic E-state index is 11.2. The number of carbonyl (C=O) groups excluding carboxylic acids is 2. The van der Waals surface area contributed by atoms with Gasteiger partial charge in [-0.15, -0.1) is 0 Å². The van der Waals surface area contributed by atoms with Crippen LogP contribution < -0.4 is 25.8 Å². The number of nitrogens with one attached hydrogen (secondary N) is 3. The summed E-state index contributed by atoms with van der Waals surface area (Å²) in [6.07, 6.45) is 0. The number of halogens is 2. The first-order valence-electron chi connectivity index (χ1n) is 24.5. The molecule has 0 atom stereocenters. The second-order valence-corrected chi connectivity index (χ2v) is 18.5. The highest BCUT2D eigenvalue weighted by molar-refractivity contribution is 6.31. The van der Waals surface area contributed by atoms with Gasteiger partial charge in [0.1, 0.15) is 23.0 Å². The summed E-state index contributed by atoms with van der Waals surface area (Å²) in [5.74, 6) is 0.577. The second-order valence-electron chi connectivity index (χ2n) is 17.7. The lowest BCUT2D eigenvalue weighted by atomic mass is 10.0. The molecule has 0 fully saturated rings. The highest BCUT2D eigenvalue weighted by Gasteiger charge is 2.12. The number of anilines is 3. The van der Waals surface area contributed by atoms with Crippen LogP contribution in [0, 0.1) is 20.8 Å². The molecule has 0 aromatic heterocycles. The zero-order valence-electron chi connectivity index (χ0n) is 43.4. The lowest BCUT2D eigenvalue weighted by Gasteiger charge is -2.11. The van der Waals surface area contributed by atoms with Crippen molar-refractivity contribution in [2.75, 3.05) is 16.3 Å². The Morgan fingerprint density at radius 1 is 0.372 bits per heavy atom. The Morgan fingerprint density at radius 2 is 0.615 bits per heavy atom. The number of esters is 2. The van der Waals surface area contributed by atoms with Crippen LogP contribution in [0.3, 0.4) is 0 Å². The molecule has 0 saturated heterocycles. The molecule has 5 N–H and O–H groups in total. The van der Waals surface area contributed by atoms with Crippen molar-refractivity contribution in [3.8, 4) is 23.0 Å². The molecular formula is C64H56Cl2N6O6. The van der Waals surface area contributed by atoms with Crippen molar-refractivity contribution in [1.29, 1.82) is 0 Å². The quantitative estimate of drug-likeness (QED) is 0.0308. The van der Waals surface area contributed by atoms with E-state index < -0.39 is 0 Å². The molecule has 14 heteroatoms. The van der Waals surface area contributed by atoms with Gasteiger partial charge in [-0.05, 0) is 195 Å². The average Bonchev–Trinajstić information content (AvgIpc) is 3.43. The van der Waals surface area contributed by atoms with E-state index in [1.54, 1.807) is 72.8 Å². The van der Waals surface area contributed by atoms with Gasteiger partial charge in [0.25, 0.3) is 0 Å². The summed E-state index contributed by atoms with van der Waals surface area (Å²) < 4.78 is 10.2. The molecule has 0 aliphatic heterocycles. The molecule has 0 spiro atoms. The van der Waals surface area contributed by atoms with Crippen LogP contribution in [0.25, 0.3) is 0 Å². The normalized spacial score (nSPS) is 10.2. The molecule has 0 bridgehead atoms. The standard InChI is InChI=1S/C24H22N2O4.C20H16Cl2N2.C20H18N2O2/c1-16-5-4-6-21(15-16)25-26-24(19-7-11-22(12-8-19)29-17(2)27)20-9-13-23(14-10-20)30-18(3)28;1-14-3-2-4-19(13-14)23-24-20(15-5-9-17(21)10-6-15)16-7-11-18(22)12-8-16;1-14-3-2-4-17(13-14)21-22-20(15-5-9-18(23)10-6-15)16-7-11-19(24)12-8-16/h4-15,25H,1-3H3;2-13,23H,1H3;2-13,21,23-24H,1H3. The third-order valence-corrected chi connectivity index (χ3v) is 11.7. The van der Waals surface area contributed by atoms with Crippen molar-refractivity contribution in [3.63, 3.8) is 0 Å². The lowest BCUT2D eigenvalue weighted by molar-refractivity contribution is -0.132. The second kappa shape index (κ2) is 27.9. The number of hydrogen-bond acceptors (Lipinski definition) is 12. The minimum Gasteiger partial charge on any atom is -0.508 e. The van der Waals surface area contributed by atoms with Gasteiger partial charge in [0, 0.05) is 57.3 Å². The van der Waals surface area contributed by atoms with Crippen molar-refractivity contribution < 1.29 is 29.3 Å². The first kappa shape index (κ1) is 56.2. The van der Waals surface area contributed by atoms with E-state index in [-0.39, 0.29) is 23.4 Å². The number of rotatable bonds is 14. The summed E-state index contributed by atoms with van der Waals surface area (Å²) in [7, 11) is 0. The number of aromatic hydroxyl groups is 2. The highest BCUT2D eigenvalue weighted by Crippen LogP contribution is 2.23. The molecule has 0 saturated carbocycles. The fourth-order valence-electron chi connectivity index (χ4n) is 7.54. The van der Waals surface area contributed by atoms with Gasteiger partial charge in [-0.25, -0.2) is 0 Å². The molecule has 9 rings (SSSR count). The van der Waals surface area contributed by atoms with Gasteiger partial charge < -0.3 is 19.7 Å². The number of phenols is 2. The summed E-state index contributed by atoms with van der Waals surface area (Å²) in [5.41, 5.74) is 23.0. The molecule has 0 aliphatic carbocycles. The molecule has 0 radical (unpaired) electrons. The SMILES string of the molecule is CC(=O)Oc1ccc(C(=NNc2cccc(C)c2)c2ccc(OC(C)=O)cc2)cc1.Cc1cccc(NN=C(c2ccc(Cl)cc2)c2ccc(Cl)cc2)c1.Cc1cccc(NN=C(c2ccc(O)cc2)c2ccc(O)cc2)c1. The summed E-state index contributed by atoms with van der Waals surface area (Å²) in [6, 6.07) is 67.0. The van der Waals surface area contributed by atoms with Crippen LogP contribution in [-0.4, -0.2) is 39.3 Å². The van der Waals surface area contributed by atoms with Crippen molar-refractivity contribution >= 4 is 69.3 Å². The molecule has 0 unspecified atom stereocenters. The van der Waals surface area contributed by atoms with E-state index in [1.807, 2.05) is 166 Å². The summed E-state index contributed by atoms with van der Waals surface area (Å²) in [5, 5.41) is 34.1. The molecule has 392 valence electrons. The molecule has 12 nitrogen and oxygen atoms in total. The molecule has 9 aromatic carbocycles. The summed E-state index contributed by atoms with van der Waals surface area (Å²) in [6.45, 7) is 8.80. The third kappa shape index (κ3) is 17.6. The fourth-order valence-corrected chi connectivity index (χ4v) is 7.79. The van der Waals surface area contributed by atoms with Crippen molar-refractivity contribution in [1.82, 2.24) is 0 Å². The van der Waals surface area contributed by atoms with Gasteiger partial charge in [-0.3, -0.25) is 25.9 Å². The van der Waals surface area contributed by atoms with Gasteiger partial charge in [-0.2, -0.15) is 15.3 Å². The van der Waals surface area contributed by atoms with E-state index in [0.717, 1.165) is 73.0 Å². The van der Waals surface area contributed by atoms with Crippen molar-refractivity contribution in [2.24, 2.45) is 15.3 Å². The van der Waals surface area contributed by atoms with E-state index in [9.17, 15) is 19.8 Å². The van der Waals surface area contributed by atoms with Crippen LogP contribution in [0.4, 0.5) is 17.1 Å². The smallest absolute Gasteiger partial charge is 0.308 e. The molecule has 0 heterocycles. The Bertz CT molecular complexity index is 3230. The number of phenolic OH excluding ortho intramolecular Hbond substituents is 2. The Balaban J connectivity index is 0.000000171. The third-order valence-electron chi connectivity index (χ3n) is 11.2. The van der Waals surface area contributed by atoms with Crippen molar-refractivity contribution in [3.05, 3.63) is 279 Å². The van der Waals surface area contributed by atoms with E-state index in [4.69, 9.17) is 32.7 Å². The topological polar surface area (TPSA) is 166 Å². The van der Waals surface area contributed by atoms with E-state index in [1.165, 1.54) is 19.4 Å². The number of ether oxygens (including phenoxy) is 2. The minimum absolute atomic E-state index is 0.204. The lowest BCUT2D eigenvalue weighted by Crippen LogP contribution is -2.08. The average molecular weight is 1080 g/mol. The Labute approximate surface area is 464 Å². The maximum absolute atomic E-state index is 11.2. The monoisotopic (exact) mass is 1070 g/mol. The summed E-state index contributed by atoms with van der Waals surface area (Å²) >= 11 is 12.0. The zero-order valence-corrected chi connectivity index (χ0v) is 44.9. The minimum atomic E-state index is -0.376. The van der Waals surface area contributed by atoms with Gasteiger partial charge in [0.15, 0.2) is 0 Å². The van der Waals surface area contributed by atoms with Gasteiger partial charge in [0.05, 0.1) is 34.2 Å². The van der Waals surface area contributed by atoms with Crippen LogP contribution >= 0.6 is 23.2 Å². The number of benzene rings is 9. The Hall–Kier alpha value is -9.49. The zero-order chi connectivity index (χ0) is 55.4. The maximum Gasteiger partial charge on any atom is 0.308 e. The fraction of sp³-hybridized carbons (Fsp3) is 0.0781. The van der Waals surface area contributed by atoms with Gasteiger partial charge in [0.2, 0.25) is 0 Å². The van der Waals surface area contributed by atoms with E-state index >= 15 is 0 Å². The number of hydrazone groups is 3. The first-order chi connectivity index (χ1) is 37.6. The Kier molecular flexibility index (Phi) is 20.1. The summed E-state index contributed by atoms with van der Waals surface area (Å²) in [4.78, 5) is 22.3. The van der Waals surface area contributed by atoms with Crippen LogP contribution in [0.1, 0.15) is 63.9 Å². The predicted molar refractivity (Wildman–Crippen MR) is 316 cm³/mol. The number of carbonyl (C=O) groups is 2. The van der Waals surface area contributed by atoms with Gasteiger partial charge in [-0.1, -0.05) is 83.9 Å². The molecule has 0 amide bonds. The Morgan fingerprint density at radius 3 is 0.859 bits per heavy atom. The first-order valence-corrected chi connectivity index (χ1v) is 25.3. The van der Waals surface area contributed by atoms with Crippen LogP contribution in [0.5, 0.6) is 23.0 Å². The number of nitrogens with zero attached hydrogens (tertiary/aromatic N) is 3. The number of aryl methyl sites for hydroxylation is 3. The predicted octanol–water partition coefficient (Wildman–Crippen LogP) is 15.1. The van der Waals surface area contributed by atoms with Crippen LogP contribution in [-0.2, 0) is 9.59 Å². The van der Waals surface area contributed by atoms with Gasteiger partial charge >= 0.3 is 11.9 Å². The van der Waals surface area contributed by atoms with E-state index in [0.29, 0.717) is 27.3 Å². The van der Waals surface area contributed by atoms with E-state index in [2.05, 4.69) is 31.6 Å². The number of hydrogen-bond donors (Lipinski definition) is 5. The largest absolute Gasteiger partial charge is 0.508 e. The molecule has 0 aliphatic rings. The molecular weight excluding hydrogens is 1020 g/mol. The van der Waals surface area contributed by atoms with Crippen LogP contribution in [0.15, 0.2) is 234 Å². The van der Waals surface area contributed by atoms with Crippen molar-refractivity contribution in [2.45, 2.75) is 34.6 Å². The van der Waals surface area contributed by atoms with Crippen LogP contribution in [0.2, 0.25) is 10.0 Å². The highest BCUT2D eigenvalue weighted by atomic mass is 35.5. The molecule has 78 heavy (non-hydrogen) atoms. The molecule has 9 aromatic rings.